The molecule has 1 rings (SSSR count). The quantitative estimate of drug-likeness (QED) is 0.513. The van der Waals surface area contributed by atoms with E-state index in [1.54, 1.807) is 0 Å². The zero-order valence-corrected chi connectivity index (χ0v) is 13.4. The van der Waals surface area contributed by atoms with Crippen molar-refractivity contribution < 1.29 is 0 Å². The summed E-state index contributed by atoms with van der Waals surface area (Å²) in [5.74, 6) is 0. The van der Waals surface area contributed by atoms with Crippen LogP contribution in [0.4, 0.5) is 0 Å². The minimum Gasteiger partial charge on any atom is -0.0683 e. The average Bonchev–Trinajstić information content (AvgIpc) is 2.18. The molecule has 1 aromatic rings. The molecule has 0 fully saturated rings. The van der Waals surface area contributed by atoms with E-state index in [0.29, 0.717) is 10.8 Å². The minimum absolute atomic E-state index is 0.293. The molecule has 0 heterocycles. The lowest BCUT2D eigenvalue weighted by molar-refractivity contribution is 0.469. The van der Waals surface area contributed by atoms with Crippen LogP contribution in [-0.2, 0) is 5.41 Å². The van der Waals surface area contributed by atoms with Crippen molar-refractivity contribution in [3.63, 3.8) is 0 Å². The Morgan fingerprint density at radius 1 is 0.647 bits per heavy atom. The molecule has 0 unspecified atom stereocenters. The molecule has 0 aliphatic rings. The standard InChI is InChI=1S/C10H14.C5H12.C2H6/c1-10(2,3)9-7-5-4-6-8-9;1-5(2,3)4;1-2/h4-8H,1-3H3;1-4H3;1-2H3. The summed E-state index contributed by atoms with van der Waals surface area (Å²) in [6, 6.07) is 10.6. The Balaban J connectivity index is 0. The van der Waals surface area contributed by atoms with Gasteiger partial charge in [-0.2, -0.15) is 0 Å². The molecule has 1 aromatic carbocycles. The van der Waals surface area contributed by atoms with E-state index in [1.165, 1.54) is 5.56 Å². The van der Waals surface area contributed by atoms with Gasteiger partial charge < -0.3 is 0 Å². The third kappa shape index (κ3) is 15.2. The van der Waals surface area contributed by atoms with Crippen LogP contribution >= 0.6 is 0 Å². The Morgan fingerprint density at radius 2 is 0.941 bits per heavy atom. The van der Waals surface area contributed by atoms with Crippen LogP contribution in [0.2, 0.25) is 0 Å². The Morgan fingerprint density at radius 3 is 1.12 bits per heavy atom. The first-order chi connectivity index (χ1) is 7.61. The molecule has 0 radical (unpaired) electrons. The molecule has 0 nitrogen and oxygen atoms in total. The van der Waals surface area contributed by atoms with Crippen molar-refractivity contribution >= 4 is 0 Å². The normalized spacial score (nSPS) is 10.6. The third-order valence-corrected chi connectivity index (χ3v) is 1.64. The molecule has 0 saturated carbocycles. The summed E-state index contributed by atoms with van der Waals surface area (Å²) in [5.41, 5.74) is 2.19. The van der Waals surface area contributed by atoms with Crippen LogP contribution in [0, 0.1) is 5.41 Å². The summed E-state index contributed by atoms with van der Waals surface area (Å²) in [5, 5.41) is 0. The van der Waals surface area contributed by atoms with Crippen molar-refractivity contribution in [1.82, 2.24) is 0 Å². The maximum Gasteiger partial charge on any atom is -0.0132 e. The first kappa shape index (κ1) is 18.6. The number of hydrogen-bond donors (Lipinski definition) is 0. The molecule has 0 aliphatic heterocycles. The molecule has 100 valence electrons. The summed E-state index contributed by atoms with van der Waals surface area (Å²) in [6.45, 7) is 19.4. The van der Waals surface area contributed by atoms with E-state index in [4.69, 9.17) is 0 Å². The van der Waals surface area contributed by atoms with Crippen molar-refractivity contribution in [1.29, 1.82) is 0 Å². The van der Waals surface area contributed by atoms with Crippen LogP contribution in [0.3, 0.4) is 0 Å². The van der Waals surface area contributed by atoms with Gasteiger partial charge >= 0.3 is 0 Å². The fourth-order valence-electron chi connectivity index (χ4n) is 0.938. The molecule has 0 aromatic heterocycles. The Kier molecular flexibility index (Phi) is 9.11. The summed E-state index contributed by atoms with van der Waals surface area (Å²) in [6.07, 6.45) is 0. The van der Waals surface area contributed by atoms with Crippen molar-refractivity contribution in [2.45, 2.75) is 67.7 Å². The maximum absolute atomic E-state index is 2.22. The average molecular weight is 236 g/mol. The number of hydrogen-bond acceptors (Lipinski definition) is 0. The summed E-state index contributed by atoms with van der Waals surface area (Å²) in [7, 11) is 0. The van der Waals surface area contributed by atoms with E-state index >= 15 is 0 Å². The van der Waals surface area contributed by atoms with Crippen LogP contribution in [0.25, 0.3) is 0 Å². The van der Waals surface area contributed by atoms with Crippen LogP contribution in [0.1, 0.15) is 67.9 Å². The lowest BCUT2D eigenvalue weighted by atomic mass is 9.87. The molecule has 0 bridgehead atoms. The zero-order chi connectivity index (χ0) is 14.1. The molecule has 0 amide bonds. The maximum atomic E-state index is 2.22. The van der Waals surface area contributed by atoms with Gasteiger partial charge in [0.2, 0.25) is 0 Å². The molecular weight excluding hydrogens is 204 g/mol. The number of benzene rings is 1. The first-order valence-electron chi connectivity index (χ1n) is 6.66. The van der Waals surface area contributed by atoms with Crippen molar-refractivity contribution in [3.05, 3.63) is 35.9 Å². The smallest absolute Gasteiger partial charge is 0.0132 e. The van der Waals surface area contributed by atoms with Crippen LogP contribution < -0.4 is 0 Å². The van der Waals surface area contributed by atoms with Gasteiger partial charge in [-0.05, 0) is 16.4 Å². The van der Waals surface area contributed by atoms with Gasteiger partial charge in [0, 0.05) is 0 Å². The second-order valence-electron chi connectivity index (χ2n) is 6.62. The summed E-state index contributed by atoms with van der Waals surface area (Å²) >= 11 is 0. The number of rotatable bonds is 0. The van der Waals surface area contributed by atoms with Crippen LogP contribution in [0.15, 0.2) is 30.3 Å². The second kappa shape index (κ2) is 8.33. The van der Waals surface area contributed by atoms with Gasteiger partial charge in [0.25, 0.3) is 0 Å². The fraction of sp³-hybridized carbons (Fsp3) is 0.647. The van der Waals surface area contributed by atoms with Crippen molar-refractivity contribution in [2.75, 3.05) is 0 Å². The summed E-state index contributed by atoms with van der Waals surface area (Å²) < 4.78 is 0. The SMILES string of the molecule is CC.CC(C)(C)C.CC(C)(C)c1ccccc1. The van der Waals surface area contributed by atoms with Gasteiger partial charge in [-0.1, -0.05) is 92.6 Å². The predicted octanol–water partition coefficient (Wildman–Crippen LogP) is 6.06. The van der Waals surface area contributed by atoms with E-state index in [-0.39, 0.29) is 0 Å². The molecule has 0 N–H and O–H groups in total. The molecule has 0 saturated heterocycles. The monoisotopic (exact) mass is 236 g/mol. The van der Waals surface area contributed by atoms with Gasteiger partial charge in [-0.15, -0.1) is 0 Å². The topological polar surface area (TPSA) is 0 Å². The van der Waals surface area contributed by atoms with Crippen molar-refractivity contribution in [3.8, 4) is 0 Å². The lowest BCUT2D eigenvalue weighted by Gasteiger charge is -2.18. The van der Waals surface area contributed by atoms with Gasteiger partial charge in [0.15, 0.2) is 0 Å². The highest BCUT2D eigenvalue weighted by molar-refractivity contribution is 5.21. The highest BCUT2D eigenvalue weighted by Gasteiger charge is 2.11. The summed E-state index contributed by atoms with van der Waals surface area (Å²) in [4.78, 5) is 0. The largest absolute Gasteiger partial charge is 0.0683 e. The molecular formula is C17H32. The van der Waals surface area contributed by atoms with Gasteiger partial charge in [0.05, 0.1) is 0 Å². The van der Waals surface area contributed by atoms with E-state index in [0.717, 1.165) is 0 Å². The third-order valence-electron chi connectivity index (χ3n) is 1.64. The van der Waals surface area contributed by atoms with E-state index in [1.807, 2.05) is 13.8 Å². The Labute approximate surface area is 109 Å². The van der Waals surface area contributed by atoms with E-state index in [2.05, 4.69) is 78.8 Å². The van der Waals surface area contributed by atoms with Gasteiger partial charge in [0.1, 0.15) is 0 Å². The fourth-order valence-corrected chi connectivity index (χ4v) is 0.938. The van der Waals surface area contributed by atoms with Gasteiger partial charge in [-0.3, -0.25) is 0 Å². The Hall–Kier alpha value is -0.780. The Bertz CT molecular complexity index is 250. The lowest BCUT2D eigenvalue weighted by Crippen LogP contribution is -2.10. The van der Waals surface area contributed by atoms with Crippen molar-refractivity contribution in [2.24, 2.45) is 5.41 Å². The van der Waals surface area contributed by atoms with Gasteiger partial charge in [-0.25, -0.2) is 0 Å². The first-order valence-corrected chi connectivity index (χ1v) is 6.66. The van der Waals surface area contributed by atoms with Crippen LogP contribution in [0.5, 0.6) is 0 Å². The molecule has 0 spiro atoms. The molecule has 0 aliphatic carbocycles. The predicted molar refractivity (Wildman–Crippen MR) is 81.6 cm³/mol. The highest BCUT2D eigenvalue weighted by atomic mass is 14.2. The van der Waals surface area contributed by atoms with Crippen LogP contribution in [-0.4, -0.2) is 0 Å². The second-order valence-corrected chi connectivity index (χ2v) is 6.62. The molecule has 0 atom stereocenters. The van der Waals surface area contributed by atoms with E-state index in [9.17, 15) is 0 Å². The highest BCUT2D eigenvalue weighted by Crippen LogP contribution is 2.20. The zero-order valence-electron chi connectivity index (χ0n) is 13.4. The van der Waals surface area contributed by atoms with E-state index < -0.39 is 0 Å². The molecule has 0 heteroatoms. The molecule has 17 heavy (non-hydrogen) atoms. The minimum atomic E-state index is 0.293.